The number of H-pyrrole nitrogens is 1. The molecule has 3 N–H and O–H groups in total. The van der Waals surface area contributed by atoms with E-state index in [0.29, 0.717) is 16.7 Å². The van der Waals surface area contributed by atoms with Crippen molar-refractivity contribution in [2.45, 2.75) is 38.1 Å². The van der Waals surface area contributed by atoms with Gasteiger partial charge in [0.05, 0.1) is 5.52 Å². The summed E-state index contributed by atoms with van der Waals surface area (Å²) in [7, 11) is 0. The van der Waals surface area contributed by atoms with E-state index in [-0.39, 0.29) is 17.9 Å². The molecule has 2 amide bonds. The summed E-state index contributed by atoms with van der Waals surface area (Å²) in [5.41, 5.74) is 0.694. The molecule has 0 saturated heterocycles. The van der Waals surface area contributed by atoms with Gasteiger partial charge < -0.3 is 5.32 Å². The van der Waals surface area contributed by atoms with E-state index in [1.54, 1.807) is 6.07 Å². The third kappa shape index (κ3) is 2.74. The molecule has 20 heavy (non-hydrogen) atoms. The van der Waals surface area contributed by atoms with Crippen LogP contribution in [0.3, 0.4) is 0 Å². The van der Waals surface area contributed by atoms with Gasteiger partial charge in [0.15, 0.2) is 5.82 Å². The van der Waals surface area contributed by atoms with E-state index < -0.39 is 0 Å². The van der Waals surface area contributed by atoms with Crippen LogP contribution in [0.5, 0.6) is 0 Å². The van der Waals surface area contributed by atoms with Crippen LogP contribution in [0.2, 0.25) is 0 Å². The number of fused-ring (bicyclic) bond motifs is 1. The molecule has 1 aliphatic carbocycles. The molecule has 1 heterocycles. The summed E-state index contributed by atoms with van der Waals surface area (Å²) in [5, 5.41) is 13.0. The van der Waals surface area contributed by atoms with Crippen molar-refractivity contribution < 1.29 is 9.18 Å². The van der Waals surface area contributed by atoms with Crippen LogP contribution in [-0.4, -0.2) is 22.3 Å². The van der Waals surface area contributed by atoms with Crippen molar-refractivity contribution >= 4 is 22.8 Å². The van der Waals surface area contributed by atoms with E-state index in [0.717, 1.165) is 25.7 Å². The molecule has 0 spiro atoms. The lowest BCUT2D eigenvalue weighted by atomic mass is 9.96. The van der Waals surface area contributed by atoms with Gasteiger partial charge in [0.2, 0.25) is 0 Å². The fourth-order valence-corrected chi connectivity index (χ4v) is 2.66. The van der Waals surface area contributed by atoms with Crippen molar-refractivity contribution in [3.63, 3.8) is 0 Å². The number of aromatic nitrogens is 2. The lowest BCUT2D eigenvalue weighted by molar-refractivity contribution is 0.244. The lowest BCUT2D eigenvalue weighted by Gasteiger charge is -2.22. The zero-order chi connectivity index (χ0) is 13.9. The normalized spacial score (nSPS) is 16.2. The first-order valence-corrected chi connectivity index (χ1v) is 6.93. The molecule has 0 bridgehead atoms. The Bertz CT molecular complexity index is 619. The molecule has 106 valence electrons. The van der Waals surface area contributed by atoms with E-state index >= 15 is 0 Å². The number of aromatic amines is 1. The summed E-state index contributed by atoms with van der Waals surface area (Å²) in [6.45, 7) is 0. The minimum atomic E-state index is -0.352. The number of rotatable bonds is 2. The number of nitrogens with one attached hydrogen (secondary N) is 3. The van der Waals surface area contributed by atoms with Gasteiger partial charge in [0, 0.05) is 11.4 Å². The van der Waals surface area contributed by atoms with Crippen molar-refractivity contribution in [3.8, 4) is 0 Å². The third-order valence-corrected chi connectivity index (χ3v) is 3.70. The maximum atomic E-state index is 13.2. The topological polar surface area (TPSA) is 69.8 Å². The van der Waals surface area contributed by atoms with Gasteiger partial charge in [-0.15, -0.1) is 0 Å². The molecule has 2 aromatic rings. The summed E-state index contributed by atoms with van der Waals surface area (Å²) in [6.07, 6.45) is 5.58. The Morgan fingerprint density at radius 1 is 1.30 bits per heavy atom. The molecule has 0 radical (unpaired) electrons. The number of halogens is 1. The summed E-state index contributed by atoms with van der Waals surface area (Å²) >= 11 is 0. The molecular weight excluding hydrogens is 259 g/mol. The Morgan fingerprint density at radius 2 is 2.10 bits per heavy atom. The molecule has 5 nitrogen and oxygen atoms in total. The van der Waals surface area contributed by atoms with Crippen molar-refractivity contribution in [1.82, 2.24) is 15.5 Å². The van der Waals surface area contributed by atoms with Gasteiger partial charge in [0.25, 0.3) is 0 Å². The van der Waals surface area contributed by atoms with Gasteiger partial charge in [-0.25, -0.2) is 9.18 Å². The highest BCUT2D eigenvalue weighted by molar-refractivity contribution is 5.98. The zero-order valence-electron chi connectivity index (χ0n) is 11.1. The summed E-state index contributed by atoms with van der Waals surface area (Å²) in [6, 6.07) is 4.25. The Morgan fingerprint density at radius 3 is 2.90 bits per heavy atom. The lowest BCUT2D eigenvalue weighted by Crippen LogP contribution is -2.39. The Kier molecular flexibility index (Phi) is 3.54. The van der Waals surface area contributed by atoms with Crippen LogP contribution in [0.25, 0.3) is 10.9 Å². The van der Waals surface area contributed by atoms with Gasteiger partial charge in [-0.3, -0.25) is 10.4 Å². The standard InChI is InChI=1S/C14H17FN4O/c15-9-6-7-12-11(8-9)13(19-18-12)17-14(20)16-10-4-2-1-3-5-10/h6-8,10H,1-5H2,(H3,16,17,18,19,20). The Labute approximate surface area is 115 Å². The summed E-state index contributed by atoms with van der Waals surface area (Å²) in [4.78, 5) is 11.9. The smallest absolute Gasteiger partial charge is 0.320 e. The highest BCUT2D eigenvalue weighted by atomic mass is 19.1. The first kappa shape index (κ1) is 12.9. The number of carbonyl (C=O) groups is 1. The van der Waals surface area contributed by atoms with E-state index in [1.165, 1.54) is 18.6 Å². The average Bonchev–Trinajstić information content (AvgIpc) is 2.82. The fraction of sp³-hybridized carbons (Fsp3) is 0.429. The number of anilines is 1. The van der Waals surface area contributed by atoms with Crippen molar-refractivity contribution in [2.24, 2.45) is 0 Å². The molecule has 0 aliphatic heterocycles. The quantitative estimate of drug-likeness (QED) is 0.788. The van der Waals surface area contributed by atoms with Crippen LogP contribution >= 0.6 is 0 Å². The third-order valence-electron chi connectivity index (χ3n) is 3.70. The van der Waals surface area contributed by atoms with Gasteiger partial charge in [-0.2, -0.15) is 5.10 Å². The largest absolute Gasteiger partial charge is 0.335 e. The van der Waals surface area contributed by atoms with Crippen LogP contribution in [0.15, 0.2) is 18.2 Å². The number of nitrogens with zero attached hydrogens (tertiary/aromatic N) is 1. The molecular formula is C14H17FN4O. The van der Waals surface area contributed by atoms with Gasteiger partial charge >= 0.3 is 6.03 Å². The Hall–Kier alpha value is -2.11. The van der Waals surface area contributed by atoms with Crippen LogP contribution in [0.1, 0.15) is 32.1 Å². The van der Waals surface area contributed by atoms with Gasteiger partial charge in [-0.1, -0.05) is 19.3 Å². The monoisotopic (exact) mass is 276 g/mol. The molecule has 3 rings (SSSR count). The average molecular weight is 276 g/mol. The molecule has 1 saturated carbocycles. The number of urea groups is 1. The highest BCUT2D eigenvalue weighted by Gasteiger charge is 2.17. The van der Waals surface area contributed by atoms with Crippen LogP contribution in [0, 0.1) is 5.82 Å². The molecule has 6 heteroatoms. The predicted molar refractivity (Wildman–Crippen MR) is 75.1 cm³/mol. The van der Waals surface area contributed by atoms with Crippen LogP contribution in [0.4, 0.5) is 15.0 Å². The Balaban J connectivity index is 1.69. The van der Waals surface area contributed by atoms with E-state index in [2.05, 4.69) is 20.8 Å². The van der Waals surface area contributed by atoms with Crippen LogP contribution < -0.4 is 10.6 Å². The second kappa shape index (κ2) is 5.48. The van der Waals surface area contributed by atoms with E-state index in [4.69, 9.17) is 0 Å². The molecule has 1 fully saturated rings. The maximum Gasteiger partial charge on any atom is 0.320 e. The predicted octanol–water partition coefficient (Wildman–Crippen LogP) is 3.16. The number of hydrogen-bond acceptors (Lipinski definition) is 2. The van der Waals surface area contributed by atoms with Gasteiger partial charge in [0.1, 0.15) is 5.82 Å². The molecule has 1 aromatic heterocycles. The molecule has 1 aromatic carbocycles. The zero-order valence-corrected chi connectivity index (χ0v) is 11.1. The first-order chi connectivity index (χ1) is 9.72. The minimum Gasteiger partial charge on any atom is -0.335 e. The number of hydrogen-bond donors (Lipinski definition) is 3. The van der Waals surface area contributed by atoms with Crippen molar-refractivity contribution in [1.29, 1.82) is 0 Å². The van der Waals surface area contributed by atoms with E-state index in [1.807, 2.05) is 0 Å². The summed E-state index contributed by atoms with van der Waals surface area (Å²) in [5.74, 6) is 0.00227. The van der Waals surface area contributed by atoms with Crippen molar-refractivity contribution in [2.75, 3.05) is 5.32 Å². The number of carbonyl (C=O) groups excluding carboxylic acids is 1. The second-order valence-electron chi connectivity index (χ2n) is 5.20. The summed E-state index contributed by atoms with van der Waals surface area (Å²) < 4.78 is 13.2. The first-order valence-electron chi connectivity index (χ1n) is 6.93. The number of benzene rings is 1. The van der Waals surface area contributed by atoms with Crippen molar-refractivity contribution in [3.05, 3.63) is 24.0 Å². The van der Waals surface area contributed by atoms with Gasteiger partial charge in [-0.05, 0) is 31.0 Å². The SMILES string of the molecule is O=C(Nc1n[nH]c2ccc(F)cc12)NC1CCCCC1. The molecule has 1 aliphatic rings. The molecule has 0 unspecified atom stereocenters. The second-order valence-corrected chi connectivity index (χ2v) is 5.20. The fourth-order valence-electron chi connectivity index (χ4n) is 2.66. The molecule has 0 atom stereocenters. The van der Waals surface area contributed by atoms with Crippen LogP contribution in [-0.2, 0) is 0 Å². The maximum absolute atomic E-state index is 13.2. The minimum absolute atomic E-state index is 0.227. The number of amides is 2. The van der Waals surface area contributed by atoms with E-state index in [9.17, 15) is 9.18 Å². The highest BCUT2D eigenvalue weighted by Crippen LogP contribution is 2.21.